The van der Waals surface area contributed by atoms with Gasteiger partial charge in [-0.15, -0.1) is 0 Å². The van der Waals surface area contributed by atoms with Gasteiger partial charge in [0, 0.05) is 17.1 Å². The maximum Gasteiger partial charge on any atom is 0.0844 e. The lowest BCUT2D eigenvalue weighted by Gasteiger charge is -2.10. The highest BCUT2D eigenvalue weighted by Crippen LogP contribution is 2.24. The molecule has 0 atom stereocenters. The molecular formula is C16H19BrClN3. The molecule has 0 amide bonds. The number of nitrogens with one attached hydrogen (secondary N) is 1. The Bertz CT molecular complexity index is 662. The molecule has 0 spiro atoms. The van der Waals surface area contributed by atoms with Crippen LogP contribution in [-0.2, 0) is 13.1 Å². The second-order valence-electron chi connectivity index (χ2n) is 5.72. The van der Waals surface area contributed by atoms with Crippen LogP contribution in [0.3, 0.4) is 0 Å². The first kappa shape index (κ1) is 15.1. The van der Waals surface area contributed by atoms with Gasteiger partial charge < -0.3 is 5.32 Å². The molecule has 112 valence electrons. The molecule has 1 saturated carbocycles. The van der Waals surface area contributed by atoms with Gasteiger partial charge in [-0.1, -0.05) is 39.7 Å². The Morgan fingerprint density at radius 2 is 2.14 bits per heavy atom. The number of hydrogen-bond donors (Lipinski definition) is 1. The first-order valence-corrected chi connectivity index (χ1v) is 8.42. The minimum Gasteiger partial charge on any atom is -0.310 e. The molecule has 0 radical (unpaired) electrons. The van der Waals surface area contributed by atoms with E-state index in [2.05, 4.69) is 44.5 Å². The predicted molar refractivity (Wildman–Crippen MR) is 89.8 cm³/mol. The topological polar surface area (TPSA) is 29.9 Å². The highest BCUT2D eigenvalue weighted by atomic mass is 79.9. The van der Waals surface area contributed by atoms with Crippen LogP contribution >= 0.6 is 27.5 Å². The Hall–Kier alpha value is -0.840. The van der Waals surface area contributed by atoms with Crippen molar-refractivity contribution in [1.82, 2.24) is 15.1 Å². The summed E-state index contributed by atoms with van der Waals surface area (Å²) in [6.45, 7) is 5.61. The molecule has 1 aliphatic carbocycles. The van der Waals surface area contributed by atoms with Gasteiger partial charge >= 0.3 is 0 Å². The first-order valence-electron chi connectivity index (χ1n) is 7.25. The Labute approximate surface area is 138 Å². The quantitative estimate of drug-likeness (QED) is 0.856. The summed E-state index contributed by atoms with van der Waals surface area (Å²) in [6, 6.07) is 7.28. The van der Waals surface area contributed by atoms with Gasteiger partial charge in [0.1, 0.15) is 0 Å². The number of nitrogens with zero attached hydrogens (tertiary/aromatic N) is 2. The molecule has 0 saturated heterocycles. The second-order valence-corrected chi connectivity index (χ2v) is 6.96. The fourth-order valence-electron chi connectivity index (χ4n) is 2.37. The van der Waals surface area contributed by atoms with Crippen molar-refractivity contribution in [3.63, 3.8) is 0 Å². The van der Waals surface area contributed by atoms with Gasteiger partial charge in [-0.25, -0.2) is 0 Å². The van der Waals surface area contributed by atoms with E-state index in [4.69, 9.17) is 11.6 Å². The number of hydrogen-bond acceptors (Lipinski definition) is 2. The maximum absolute atomic E-state index is 6.20. The van der Waals surface area contributed by atoms with Crippen molar-refractivity contribution in [2.24, 2.45) is 0 Å². The fourth-order valence-corrected chi connectivity index (χ4v) is 3.06. The summed E-state index contributed by atoms with van der Waals surface area (Å²) in [6.07, 6.45) is 2.63. The fraction of sp³-hybridized carbons (Fsp3) is 0.438. The zero-order valence-electron chi connectivity index (χ0n) is 12.3. The van der Waals surface area contributed by atoms with Crippen molar-refractivity contribution in [2.75, 3.05) is 0 Å². The molecule has 5 heteroatoms. The number of halogens is 2. The zero-order chi connectivity index (χ0) is 15.0. The summed E-state index contributed by atoms with van der Waals surface area (Å²) in [7, 11) is 0. The van der Waals surface area contributed by atoms with Gasteiger partial charge in [-0.05, 0) is 43.9 Å². The van der Waals surface area contributed by atoms with Gasteiger partial charge in [0.25, 0.3) is 0 Å². The SMILES string of the molecule is Cc1nn(Cc2ccc(CNC3CC3)cc2Br)c(C)c1Cl. The molecule has 3 nitrogen and oxygen atoms in total. The van der Waals surface area contributed by atoms with E-state index >= 15 is 0 Å². The molecule has 1 N–H and O–H groups in total. The largest absolute Gasteiger partial charge is 0.310 e. The molecule has 1 aromatic carbocycles. The summed E-state index contributed by atoms with van der Waals surface area (Å²) in [5, 5.41) is 8.78. The van der Waals surface area contributed by atoms with E-state index in [1.54, 1.807) is 0 Å². The molecular weight excluding hydrogens is 350 g/mol. The molecule has 1 aromatic heterocycles. The third-order valence-corrected chi connectivity index (χ3v) is 5.19. The molecule has 0 bridgehead atoms. The van der Waals surface area contributed by atoms with Crippen molar-refractivity contribution in [3.05, 3.63) is 50.2 Å². The monoisotopic (exact) mass is 367 g/mol. The lowest BCUT2D eigenvalue weighted by Crippen LogP contribution is -2.15. The molecule has 1 aliphatic rings. The highest BCUT2D eigenvalue weighted by molar-refractivity contribution is 9.10. The van der Waals surface area contributed by atoms with Crippen LogP contribution in [0, 0.1) is 13.8 Å². The van der Waals surface area contributed by atoms with Crippen LogP contribution in [0.1, 0.15) is 35.4 Å². The number of rotatable bonds is 5. The smallest absolute Gasteiger partial charge is 0.0844 e. The minimum atomic E-state index is 0.732. The average Bonchev–Trinajstić information content (AvgIpc) is 3.25. The van der Waals surface area contributed by atoms with E-state index in [1.165, 1.54) is 24.0 Å². The maximum atomic E-state index is 6.20. The molecule has 3 rings (SSSR count). The summed E-state index contributed by atoms with van der Waals surface area (Å²) in [5.74, 6) is 0. The van der Waals surface area contributed by atoms with E-state index in [-0.39, 0.29) is 0 Å². The molecule has 0 aliphatic heterocycles. The molecule has 1 fully saturated rings. The number of benzene rings is 1. The molecule has 1 heterocycles. The summed E-state index contributed by atoms with van der Waals surface area (Å²) in [5.41, 5.74) is 4.42. The number of aryl methyl sites for hydroxylation is 1. The summed E-state index contributed by atoms with van der Waals surface area (Å²) in [4.78, 5) is 0. The third-order valence-electron chi connectivity index (χ3n) is 3.90. The normalized spacial score (nSPS) is 14.7. The summed E-state index contributed by atoms with van der Waals surface area (Å²) < 4.78 is 3.08. The van der Waals surface area contributed by atoms with Crippen molar-refractivity contribution in [2.45, 2.75) is 45.8 Å². The second kappa shape index (κ2) is 6.11. The van der Waals surface area contributed by atoms with Gasteiger partial charge in [-0.3, -0.25) is 4.68 Å². The summed E-state index contributed by atoms with van der Waals surface area (Å²) >= 11 is 9.88. The van der Waals surface area contributed by atoms with Crippen molar-refractivity contribution in [1.29, 1.82) is 0 Å². The van der Waals surface area contributed by atoms with E-state index < -0.39 is 0 Å². The van der Waals surface area contributed by atoms with Crippen molar-refractivity contribution < 1.29 is 0 Å². The lowest BCUT2D eigenvalue weighted by molar-refractivity contribution is 0.655. The van der Waals surface area contributed by atoms with E-state index in [0.717, 1.165) is 40.0 Å². The molecule has 0 unspecified atom stereocenters. The van der Waals surface area contributed by atoms with Crippen molar-refractivity contribution in [3.8, 4) is 0 Å². The van der Waals surface area contributed by atoms with E-state index in [1.807, 2.05) is 18.5 Å². The molecule has 2 aromatic rings. The lowest BCUT2D eigenvalue weighted by atomic mass is 10.1. The number of aromatic nitrogens is 2. The Balaban J connectivity index is 1.74. The van der Waals surface area contributed by atoms with Crippen LogP contribution in [0.25, 0.3) is 0 Å². The highest BCUT2D eigenvalue weighted by Gasteiger charge is 2.20. The van der Waals surface area contributed by atoms with Gasteiger partial charge in [0.05, 0.1) is 23.0 Å². The third kappa shape index (κ3) is 3.50. The molecule has 21 heavy (non-hydrogen) atoms. The Morgan fingerprint density at radius 3 is 2.71 bits per heavy atom. The Kier molecular flexibility index (Phi) is 4.38. The predicted octanol–water partition coefficient (Wildman–Crippen LogP) is 4.22. The standard InChI is InChI=1S/C16H19BrClN3/c1-10-16(18)11(2)21(20-10)9-13-4-3-12(7-15(13)17)8-19-14-5-6-14/h3-4,7,14,19H,5-6,8-9H2,1-2H3. The first-order chi connectivity index (χ1) is 10.0. The van der Waals surface area contributed by atoms with Crippen LogP contribution in [0.4, 0.5) is 0 Å². The average molecular weight is 369 g/mol. The van der Waals surface area contributed by atoms with Crippen LogP contribution in [0.5, 0.6) is 0 Å². The Morgan fingerprint density at radius 1 is 1.38 bits per heavy atom. The van der Waals surface area contributed by atoms with Crippen LogP contribution in [-0.4, -0.2) is 15.8 Å². The van der Waals surface area contributed by atoms with Gasteiger partial charge in [-0.2, -0.15) is 5.10 Å². The minimum absolute atomic E-state index is 0.732. The van der Waals surface area contributed by atoms with Crippen LogP contribution in [0.15, 0.2) is 22.7 Å². The van der Waals surface area contributed by atoms with Crippen LogP contribution in [0.2, 0.25) is 5.02 Å². The van der Waals surface area contributed by atoms with E-state index in [9.17, 15) is 0 Å². The van der Waals surface area contributed by atoms with E-state index in [0.29, 0.717) is 0 Å². The zero-order valence-corrected chi connectivity index (χ0v) is 14.6. The van der Waals surface area contributed by atoms with Gasteiger partial charge in [0.15, 0.2) is 0 Å². The van der Waals surface area contributed by atoms with Crippen LogP contribution < -0.4 is 5.32 Å². The van der Waals surface area contributed by atoms with Crippen molar-refractivity contribution >= 4 is 27.5 Å². The van der Waals surface area contributed by atoms with Gasteiger partial charge in [0.2, 0.25) is 0 Å².